The van der Waals surface area contributed by atoms with E-state index >= 15 is 0 Å². The zero-order valence-electron chi connectivity index (χ0n) is 13.1. The molecule has 0 saturated carbocycles. The van der Waals surface area contributed by atoms with Gasteiger partial charge in [-0.2, -0.15) is 0 Å². The van der Waals surface area contributed by atoms with Crippen LogP contribution < -0.4 is 18.9 Å². The number of hydrogen-bond donors (Lipinski definition) is 0. The maximum atomic E-state index is 6.63. The zero-order chi connectivity index (χ0) is 16.1. The van der Waals surface area contributed by atoms with Crippen molar-refractivity contribution in [3.63, 3.8) is 0 Å². The molecule has 0 bridgehead atoms. The van der Waals surface area contributed by atoms with E-state index in [9.17, 15) is 0 Å². The van der Waals surface area contributed by atoms with E-state index in [-0.39, 0.29) is 5.38 Å². The molecule has 4 nitrogen and oxygen atoms in total. The Bertz CT molecular complexity index is 543. The molecule has 0 amide bonds. The highest BCUT2D eigenvalue weighted by atomic mass is 35.5. The number of halogens is 1. The summed E-state index contributed by atoms with van der Waals surface area (Å²) < 4.78 is 21.1. The Morgan fingerprint density at radius 3 is 1.09 bits per heavy atom. The second-order valence-electron chi connectivity index (χ2n) is 4.65. The summed E-state index contributed by atoms with van der Waals surface area (Å²) in [6, 6.07) is 11.1. The van der Waals surface area contributed by atoms with Gasteiger partial charge in [-0.15, -0.1) is 11.6 Å². The molecule has 0 atom stereocenters. The summed E-state index contributed by atoms with van der Waals surface area (Å²) in [7, 11) is 6.43. The summed E-state index contributed by atoms with van der Waals surface area (Å²) in [4.78, 5) is 0. The predicted octanol–water partition coefficient (Wildman–Crippen LogP) is 4.05. The van der Waals surface area contributed by atoms with Crippen LogP contribution in [0.1, 0.15) is 16.5 Å². The lowest BCUT2D eigenvalue weighted by Crippen LogP contribution is -1.98. The third kappa shape index (κ3) is 3.57. The van der Waals surface area contributed by atoms with Gasteiger partial charge in [-0.25, -0.2) is 0 Å². The van der Waals surface area contributed by atoms with Crippen LogP contribution in [0, 0.1) is 0 Å². The minimum absolute atomic E-state index is 0.381. The third-order valence-corrected chi connectivity index (χ3v) is 3.84. The first-order valence-electron chi connectivity index (χ1n) is 6.71. The van der Waals surface area contributed by atoms with Crippen LogP contribution in [0.4, 0.5) is 0 Å². The molecule has 22 heavy (non-hydrogen) atoms. The largest absolute Gasteiger partial charge is 0.497 e. The molecule has 0 N–H and O–H groups in total. The average Bonchev–Trinajstić information content (AvgIpc) is 2.59. The zero-order valence-corrected chi connectivity index (χ0v) is 13.8. The van der Waals surface area contributed by atoms with Crippen LogP contribution in [-0.4, -0.2) is 28.4 Å². The highest BCUT2D eigenvalue weighted by Crippen LogP contribution is 2.37. The molecular weight excluding hydrogens is 304 g/mol. The second-order valence-corrected chi connectivity index (χ2v) is 5.09. The summed E-state index contributed by atoms with van der Waals surface area (Å²) in [5.41, 5.74) is 1.74. The summed E-state index contributed by atoms with van der Waals surface area (Å²) in [6.45, 7) is 0. The molecular formula is C17H19ClO4. The average molecular weight is 323 g/mol. The maximum Gasteiger partial charge on any atom is 0.122 e. The molecule has 0 radical (unpaired) electrons. The lowest BCUT2D eigenvalue weighted by molar-refractivity contribution is 0.392. The van der Waals surface area contributed by atoms with Gasteiger partial charge in [0.2, 0.25) is 0 Å². The smallest absolute Gasteiger partial charge is 0.122 e. The summed E-state index contributed by atoms with van der Waals surface area (Å²) in [6.07, 6.45) is 0. The summed E-state index contributed by atoms with van der Waals surface area (Å²) >= 11 is 6.63. The molecule has 0 aliphatic carbocycles. The van der Waals surface area contributed by atoms with Crippen LogP contribution in [0.25, 0.3) is 0 Å². The molecule has 5 heteroatoms. The fraction of sp³-hybridized carbons (Fsp3) is 0.294. The monoisotopic (exact) mass is 322 g/mol. The molecule has 0 aromatic heterocycles. The molecule has 0 unspecified atom stereocenters. The molecule has 2 aromatic carbocycles. The van der Waals surface area contributed by atoms with Crippen LogP contribution in [0.5, 0.6) is 23.0 Å². The normalized spacial score (nSPS) is 10.5. The van der Waals surface area contributed by atoms with Gasteiger partial charge in [0.15, 0.2) is 0 Å². The van der Waals surface area contributed by atoms with E-state index in [0.717, 1.165) is 11.1 Å². The molecule has 2 aromatic rings. The minimum atomic E-state index is -0.381. The number of hydrogen-bond acceptors (Lipinski definition) is 4. The van der Waals surface area contributed by atoms with Crippen molar-refractivity contribution in [2.24, 2.45) is 0 Å². The summed E-state index contributed by atoms with van der Waals surface area (Å²) in [5, 5.41) is -0.381. The molecule has 0 heterocycles. The Hall–Kier alpha value is -2.07. The van der Waals surface area contributed by atoms with Crippen LogP contribution in [0.2, 0.25) is 0 Å². The third-order valence-electron chi connectivity index (χ3n) is 3.33. The van der Waals surface area contributed by atoms with Gasteiger partial charge < -0.3 is 18.9 Å². The van der Waals surface area contributed by atoms with Gasteiger partial charge in [0.1, 0.15) is 23.0 Å². The van der Waals surface area contributed by atoms with E-state index in [4.69, 9.17) is 30.5 Å². The van der Waals surface area contributed by atoms with Crippen molar-refractivity contribution in [2.45, 2.75) is 5.38 Å². The highest BCUT2D eigenvalue weighted by molar-refractivity contribution is 6.22. The van der Waals surface area contributed by atoms with E-state index in [2.05, 4.69) is 0 Å². The van der Waals surface area contributed by atoms with Gasteiger partial charge in [-0.05, 0) is 35.4 Å². The number of alkyl halides is 1. The van der Waals surface area contributed by atoms with Crippen molar-refractivity contribution in [3.05, 3.63) is 47.5 Å². The Balaban J connectivity index is 2.44. The van der Waals surface area contributed by atoms with Crippen LogP contribution in [0.3, 0.4) is 0 Å². The van der Waals surface area contributed by atoms with Crippen molar-refractivity contribution in [1.29, 1.82) is 0 Å². The van der Waals surface area contributed by atoms with Crippen molar-refractivity contribution in [1.82, 2.24) is 0 Å². The first-order valence-corrected chi connectivity index (χ1v) is 7.15. The van der Waals surface area contributed by atoms with Crippen molar-refractivity contribution < 1.29 is 18.9 Å². The lowest BCUT2D eigenvalue weighted by atomic mass is 10.0. The van der Waals surface area contributed by atoms with Gasteiger partial charge in [-0.3, -0.25) is 0 Å². The van der Waals surface area contributed by atoms with Crippen LogP contribution in [0.15, 0.2) is 36.4 Å². The molecule has 0 fully saturated rings. The summed E-state index contributed by atoms with van der Waals surface area (Å²) in [5.74, 6) is 2.76. The highest BCUT2D eigenvalue weighted by Gasteiger charge is 2.16. The fourth-order valence-electron chi connectivity index (χ4n) is 2.14. The fourth-order valence-corrected chi connectivity index (χ4v) is 2.40. The van der Waals surface area contributed by atoms with E-state index in [1.54, 1.807) is 40.6 Å². The van der Waals surface area contributed by atoms with E-state index in [1.807, 2.05) is 24.3 Å². The Labute approximate surface area is 135 Å². The Morgan fingerprint density at radius 2 is 0.864 bits per heavy atom. The first kappa shape index (κ1) is 16.3. The number of ether oxygens (including phenoxy) is 4. The van der Waals surface area contributed by atoms with E-state index in [1.165, 1.54) is 0 Å². The number of rotatable bonds is 6. The minimum Gasteiger partial charge on any atom is -0.497 e. The SMILES string of the molecule is COc1cc(OC)cc(C(Cl)c2cc(OC)cc(OC)c2)c1. The number of benzene rings is 2. The van der Waals surface area contributed by atoms with E-state index in [0.29, 0.717) is 23.0 Å². The topological polar surface area (TPSA) is 36.9 Å². The van der Waals surface area contributed by atoms with Gasteiger partial charge in [0.05, 0.1) is 33.8 Å². The second kappa shape index (κ2) is 7.27. The molecule has 2 rings (SSSR count). The van der Waals surface area contributed by atoms with Gasteiger partial charge >= 0.3 is 0 Å². The van der Waals surface area contributed by atoms with Crippen molar-refractivity contribution in [3.8, 4) is 23.0 Å². The molecule has 0 saturated heterocycles. The Morgan fingerprint density at radius 1 is 0.591 bits per heavy atom. The van der Waals surface area contributed by atoms with Gasteiger partial charge in [-0.1, -0.05) is 0 Å². The predicted molar refractivity (Wildman–Crippen MR) is 86.8 cm³/mol. The molecule has 0 spiro atoms. The first-order chi connectivity index (χ1) is 10.6. The molecule has 118 valence electrons. The lowest BCUT2D eigenvalue weighted by Gasteiger charge is -2.15. The Kier molecular flexibility index (Phi) is 5.39. The molecule has 0 aliphatic rings. The van der Waals surface area contributed by atoms with Crippen LogP contribution >= 0.6 is 11.6 Å². The molecule has 0 aliphatic heterocycles. The van der Waals surface area contributed by atoms with Crippen LogP contribution in [-0.2, 0) is 0 Å². The maximum absolute atomic E-state index is 6.63. The van der Waals surface area contributed by atoms with E-state index < -0.39 is 0 Å². The number of methoxy groups -OCH3 is 4. The van der Waals surface area contributed by atoms with Crippen molar-refractivity contribution >= 4 is 11.6 Å². The quantitative estimate of drug-likeness (QED) is 0.752. The van der Waals surface area contributed by atoms with Gasteiger partial charge in [0.25, 0.3) is 0 Å². The van der Waals surface area contributed by atoms with Gasteiger partial charge in [0, 0.05) is 12.1 Å². The van der Waals surface area contributed by atoms with Crippen molar-refractivity contribution in [2.75, 3.05) is 28.4 Å². The standard InChI is InChI=1S/C17H19ClO4/c1-19-13-5-11(6-14(9-13)20-2)17(18)12-7-15(21-3)10-16(8-12)22-4/h5-10,17H,1-4H3.